The topological polar surface area (TPSA) is 95.4 Å². The summed E-state index contributed by atoms with van der Waals surface area (Å²) < 4.78 is 5.71. The number of benzene rings is 1. The Balaban J connectivity index is 1.37. The maximum absolute atomic E-state index is 12.6. The Kier molecular flexibility index (Phi) is 5.58. The predicted molar refractivity (Wildman–Crippen MR) is 110 cm³/mol. The molecule has 3 heterocycles. The second-order valence-electron chi connectivity index (χ2n) is 6.26. The summed E-state index contributed by atoms with van der Waals surface area (Å²) >= 11 is 4.84. The van der Waals surface area contributed by atoms with E-state index in [0.717, 1.165) is 6.42 Å². The van der Waals surface area contributed by atoms with Crippen LogP contribution < -0.4 is 21.5 Å². The first-order chi connectivity index (χ1) is 13.6. The van der Waals surface area contributed by atoms with Crippen LogP contribution in [0.5, 0.6) is 0 Å². The number of carbonyl (C=O) groups excluding carboxylic acids is 2. The van der Waals surface area contributed by atoms with Gasteiger partial charge in [-0.15, -0.1) is 11.3 Å². The summed E-state index contributed by atoms with van der Waals surface area (Å²) in [7, 11) is 0. The van der Waals surface area contributed by atoms with E-state index in [1.165, 1.54) is 4.88 Å². The van der Waals surface area contributed by atoms with Crippen molar-refractivity contribution in [2.24, 2.45) is 0 Å². The Hall–Kier alpha value is -2.46. The quantitative estimate of drug-likeness (QED) is 0.466. The molecule has 4 rings (SSSR count). The Labute approximate surface area is 173 Å². The highest BCUT2D eigenvalue weighted by Crippen LogP contribution is 2.25. The van der Waals surface area contributed by atoms with E-state index in [1.54, 1.807) is 47.7 Å². The first-order valence-electron chi connectivity index (χ1n) is 8.60. The van der Waals surface area contributed by atoms with Gasteiger partial charge in [0.1, 0.15) is 0 Å². The summed E-state index contributed by atoms with van der Waals surface area (Å²) in [5.74, 6) is -0.422. The van der Waals surface area contributed by atoms with Crippen LogP contribution in [0.1, 0.15) is 38.3 Å². The van der Waals surface area contributed by atoms with Crippen LogP contribution in [0.25, 0.3) is 0 Å². The maximum atomic E-state index is 12.6. The highest BCUT2D eigenvalue weighted by Gasteiger charge is 2.27. The molecular formula is C19H17BrN4O3S. The molecule has 1 saturated heterocycles. The molecule has 2 amide bonds. The highest BCUT2D eigenvalue weighted by atomic mass is 79.9. The van der Waals surface area contributed by atoms with Gasteiger partial charge >= 0.3 is 0 Å². The first-order valence-corrected chi connectivity index (χ1v) is 10.3. The molecule has 1 fully saturated rings. The molecule has 0 spiro atoms. The summed E-state index contributed by atoms with van der Waals surface area (Å²) in [5.41, 5.74) is 7.27. The Morgan fingerprint density at radius 1 is 1.11 bits per heavy atom. The molecular weight excluding hydrogens is 444 g/mol. The van der Waals surface area contributed by atoms with Gasteiger partial charge in [0.25, 0.3) is 11.8 Å². The standard InChI is InChI=1S/C19H17BrN4O3S/c20-16-7-6-14(27-16)19(26)21-12-4-1-3-11(9-12)18(25)22-17-10-13(23-24-17)15-5-2-8-28-15/h1-9,13,17,23-24H,10H2,(H,21,26)(H,22,25). The van der Waals surface area contributed by atoms with Crippen molar-refractivity contribution in [1.29, 1.82) is 0 Å². The Bertz CT molecular complexity index is 989. The van der Waals surface area contributed by atoms with Gasteiger partial charge in [-0.25, -0.2) is 10.9 Å². The van der Waals surface area contributed by atoms with Crippen LogP contribution >= 0.6 is 27.3 Å². The van der Waals surface area contributed by atoms with E-state index in [-0.39, 0.29) is 29.8 Å². The van der Waals surface area contributed by atoms with Gasteiger partial charge in [0, 0.05) is 22.5 Å². The zero-order valence-electron chi connectivity index (χ0n) is 14.6. The third kappa shape index (κ3) is 4.33. The number of thiophene rings is 1. The second-order valence-corrected chi connectivity index (χ2v) is 8.02. The molecule has 1 aliphatic heterocycles. The zero-order chi connectivity index (χ0) is 19.5. The van der Waals surface area contributed by atoms with E-state index in [4.69, 9.17) is 4.42 Å². The molecule has 1 aromatic carbocycles. The number of rotatable bonds is 5. The number of carbonyl (C=O) groups is 2. The summed E-state index contributed by atoms with van der Waals surface area (Å²) in [6.07, 6.45) is 0.564. The van der Waals surface area contributed by atoms with Crippen LogP contribution in [-0.4, -0.2) is 18.0 Å². The van der Waals surface area contributed by atoms with Crippen LogP contribution in [0.4, 0.5) is 5.69 Å². The van der Waals surface area contributed by atoms with Crippen LogP contribution in [0.3, 0.4) is 0 Å². The maximum Gasteiger partial charge on any atom is 0.291 e. The molecule has 4 N–H and O–H groups in total. The van der Waals surface area contributed by atoms with Crippen LogP contribution in [-0.2, 0) is 0 Å². The molecule has 2 atom stereocenters. The summed E-state index contributed by atoms with van der Waals surface area (Å²) in [6.45, 7) is 0. The number of furan rings is 1. The molecule has 2 aromatic heterocycles. The molecule has 3 aromatic rings. The normalized spacial score (nSPS) is 18.8. The van der Waals surface area contributed by atoms with E-state index in [9.17, 15) is 9.59 Å². The van der Waals surface area contributed by atoms with E-state index in [0.29, 0.717) is 15.9 Å². The van der Waals surface area contributed by atoms with Crippen molar-refractivity contribution >= 4 is 44.8 Å². The van der Waals surface area contributed by atoms with Gasteiger partial charge in [-0.2, -0.15) is 0 Å². The van der Waals surface area contributed by atoms with Gasteiger partial charge < -0.3 is 15.1 Å². The molecule has 2 unspecified atom stereocenters. The average Bonchev–Trinajstić information content (AvgIpc) is 3.43. The van der Waals surface area contributed by atoms with E-state index in [2.05, 4.69) is 43.5 Å². The molecule has 0 aliphatic carbocycles. The number of nitrogens with one attached hydrogen (secondary N) is 4. The van der Waals surface area contributed by atoms with Crippen molar-refractivity contribution in [2.45, 2.75) is 18.6 Å². The third-order valence-corrected chi connectivity index (χ3v) is 5.69. The number of halogens is 1. The number of hydrazine groups is 1. The van der Waals surface area contributed by atoms with Gasteiger partial charge in [-0.1, -0.05) is 12.1 Å². The Morgan fingerprint density at radius 3 is 2.75 bits per heavy atom. The predicted octanol–water partition coefficient (Wildman–Crippen LogP) is 3.65. The van der Waals surface area contributed by atoms with E-state index in [1.807, 2.05) is 11.4 Å². The average molecular weight is 461 g/mol. The summed E-state index contributed by atoms with van der Waals surface area (Å²) in [5, 5.41) is 7.72. The van der Waals surface area contributed by atoms with E-state index < -0.39 is 0 Å². The van der Waals surface area contributed by atoms with Crippen molar-refractivity contribution in [3.05, 3.63) is 74.8 Å². The lowest BCUT2D eigenvalue weighted by molar-refractivity contribution is 0.0930. The molecule has 9 heteroatoms. The minimum absolute atomic E-state index is 0.170. The zero-order valence-corrected chi connectivity index (χ0v) is 17.0. The summed E-state index contributed by atoms with van der Waals surface area (Å²) in [6, 6.07) is 14.2. The number of hydrogen-bond donors (Lipinski definition) is 4. The molecule has 0 radical (unpaired) electrons. The van der Waals surface area contributed by atoms with Gasteiger partial charge in [-0.3, -0.25) is 9.59 Å². The molecule has 0 bridgehead atoms. The molecule has 144 valence electrons. The van der Waals surface area contributed by atoms with Crippen molar-refractivity contribution < 1.29 is 14.0 Å². The molecule has 28 heavy (non-hydrogen) atoms. The lowest BCUT2D eigenvalue weighted by atomic mass is 10.1. The number of hydrogen-bond acceptors (Lipinski definition) is 6. The lowest BCUT2D eigenvalue weighted by Gasteiger charge is -2.13. The van der Waals surface area contributed by atoms with Crippen LogP contribution in [0.2, 0.25) is 0 Å². The fourth-order valence-corrected chi connectivity index (χ4v) is 4.03. The fraction of sp³-hybridized carbons (Fsp3) is 0.158. The van der Waals surface area contributed by atoms with Gasteiger partial charge in [0.05, 0.1) is 12.2 Å². The third-order valence-electron chi connectivity index (χ3n) is 4.27. The SMILES string of the molecule is O=C(NC1CC(c2cccs2)NN1)c1cccc(NC(=O)c2ccc(Br)o2)c1. The first kappa shape index (κ1) is 18.9. The lowest BCUT2D eigenvalue weighted by Crippen LogP contribution is -2.44. The monoisotopic (exact) mass is 460 g/mol. The number of anilines is 1. The largest absolute Gasteiger partial charge is 0.444 e. The van der Waals surface area contributed by atoms with Crippen LogP contribution in [0.15, 0.2) is 63.0 Å². The highest BCUT2D eigenvalue weighted by molar-refractivity contribution is 9.10. The van der Waals surface area contributed by atoms with Crippen molar-refractivity contribution in [1.82, 2.24) is 16.2 Å². The minimum Gasteiger partial charge on any atom is -0.444 e. The molecule has 0 saturated carbocycles. The van der Waals surface area contributed by atoms with Crippen molar-refractivity contribution in [2.75, 3.05) is 5.32 Å². The Morgan fingerprint density at radius 2 is 2.00 bits per heavy atom. The van der Waals surface area contributed by atoms with Gasteiger partial charge in [0.15, 0.2) is 10.4 Å². The smallest absolute Gasteiger partial charge is 0.291 e. The molecule has 1 aliphatic rings. The van der Waals surface area contributed by atoms with E-state index >= 15 is 0 Å². The summed E-state index contributed by atoms with van der Waals surface area (Å²) in [4.78, 5) is 26.0. The second kappa shape index (κ2) is 8.27. The molecule has 7 nitrogen and oxygen atoms in total. The number of amides is 2. The van der Waals surface area contributed by atoms with Crippen LogP contribution in [0, 0.1) is 0 Å². The fourth-order valence-electron chi connectivity index (χ4n) is 2.94. The van der Waals surface area contributed by atoms with Gasteiger partial charge in [-0.05, 0) is 57.7 Å². The van der Waals surface area contributed by atoms with Crippen molar-refractivity contribution in [3.8, 4) is 0 Å². The van der Waals surface area contributed by atoms with Gasteiger partial charge in [0.2, 0.25) is 0 Å². The minimum atomic E-state index is -0.385. The van der Waals surface area contributed by atoms with Crippen molar-refractivity contribution in [3.63, 3.8) is 0 Å².